The summed E-state index contributed by atoms with van der Waals surface area (Å²) in [5, 5.41) is 4.86. The van der Waals surface area contributed by atoms with Crippen molar-refractivity contribution in [3.8, 4) is 0 Å². The quantitative estimate of drug-likeness (QED) is 0.830. The second-order valence-electron chi connectivity index (χ2n) is 6.89. The molecule has 1 aromatic rings. The van der Waals surface area contributed by atoms with E-state index in [1.807, 2.05) is 0 Å². The van der Waals surface area contributed by atoms with Crippen LogP contribution in [0.3, 0.4) is 0 Å². The molecule has 19 heavy (non-hydrogen) atoms. The lowest BCUT2D eigenvalue weighted by molar-refractivity contribution is 0.315. The molecule has 1 saturated heterocycles. The van der Waals surface area contributed by atoms with Crippen molar-refractivity contribution in [1.82, 2.24) is 10.2 Å². The summed E-state index contributed by atoms with van der Waals surface area (Å²) in [5.41, 5.74) is 1.46. The average Bonchev–Trinajstić information content (AvgIpc) is 2.77. The highest BCUT2D eigenvalue weighted by Gasteiger charge is 2.22. The summed E-state index contributed by atoms with van der Waals surface area (Å²) >= 11 is 0. The Bertz CT molecular complexity index is 394. The molecule has 1 heterocycles. The molecule has 1 N–H and O–H groups in total. The van der Waals surface area contributed by atoms with E-state index in [1.165, 1.54) is 25.1 Å². The minimum Gasteiger partial charge on any atom is -0.319 e. The van der Waals surface area contributed by atoms with E-state index in [4.69, 9.17) is 0 Å². The van der Waals surface area contributed by atoms with Crippen LogP contribution in [0.25, 0.3) is 0 Å². The Morgan fingerprint density at radius 3 is 2.47 bits per heavy atom. The lowest BCUT2D eigenvalue weighted by Gasteiger charge is -2.19. The predicted molar refractivity (Wildman–Crippen MR) is 86.7 cm³/mol. The fraction of sp³-hybridized carbons (Fsp3) is 0.625. The number of rotatable bonds is 5. The SMILES string of the molecule is CNCC1CCN(Cc2ccc([Si](C)(C)C)cc2)C1. The standard InChI is InChI=1S/C16H28N2Si/c1-17-11-15-9-10-18(13-15)12-14-5-7-16(8-6-14)19(2,3)4/h5-8,15,17H,9-13H2,1-4H3. The zero-order chi connectivity index (χ0) is 13.9. The smallest absolute Gasteiger partial charge is 0.0775 e. The van der Waals surface area contributed by atoms with Gasteiger partial charge in [0.2, 0.25) is 0 Å². The summed E-state index contributed by atoms with van der Waals surface area (Å²) in [6, 6.07) is 9.36. The first kappa shape index (κ1) is 14.8. The molecule has 0 spiro atoms. The number of hydrogen-bond donors (Lipinski definition) is 1. The molecule has 106 valence electrons. The van der Waals surface area contributed by atoms with Gasteiger partial charge >= 0.3 is 0 Å². The van der Waals surface area contributed by atoms with E-state index < -0.39 is 8.07 Å². The van der Waals surface area contributed by atoms with Crippen LogP contribution in [0.1, 0.15) is 12.0 Å². The van der Waals surface area contributed by atoms with Gasteiger partial charge in [-0.3, -0.25) is 4.90 Å². The van der Waals surface area contributed by atoms with Crippen LogP contribution in [0.5, 0.6) is 0 Å². The van der Waals surface area contributed by atoms with Crippen LogP contribution in [0.15, 0.2) is 24.3 Å². The van der Waals surface area contributed by atoms with Gasteiger partial charge in [-0.05, 0) is 38.0 Å². The Morgan fingerprint density at radius 1 is 1.21 bits per heavy atom. The van der Waals surface area contributed by atoms with Gasteiger partial charge in [-0.15, -0.1) is 0 Å². The molecule has 1 aliphatic heterocycles. The molecule has 0 saturated carbocycles. The topological polar surface area (TPSA) is 15.3 Å². The minimum absolute atomic E-state index is 0.839. The normalized spacial score (nSPS) is 20.9. The third-order valence-electron chi connectivity index (χ3n) is 4.09. The van der Waals surface area contributed by atoms with Gasteiger partial charge in [-0.25, -0.2) is 0 Å². The van der Waals surface area contributed by atoms with Crippen molar-refractivity contribution < 1.29 is 0 Å². The molecule has 3 heteroatoms. The molecule has 1 fully saturated rings. The highest BCUT2D eigenvalue weighted by Crippen LogP contribution is 2.18. The summed E-state index contributed by atoms with van der Waals surface area (Å²) in [4.78, 5) is 2.59. The summed E-state index contributed by atoms with van der Waals surface area (Å²) in [7, 11) is 0.909. The van der Waals surface area contributed by atoms with Crippen molar-refractivity contribution in [2.24, 2.45) is 5.92 Å². The maximum atomic E-state index is 3.30. The minimum atomic E-state index is -1.14. The number of likely N-dealkylation sites (tertiary alicyclic amines) is 1. The van der Waals surface area contributed by atoms with Crippen molar-refractivity contribution in [3.05, 3.63) is 29.8 Å². The largest absolute Gasteiger partial charge is 0.319 e. The predicted octanol–water partition coefficient (Wildman–Crippen LogP) is 2.27. The van der Waals surface area contributed by atoms with Crippen LogP contribution < -0.4 is 10.5 Å². The molecule has 0 aromatic heterocycles. The summed E-state index contributed by atoms with van der Waals surface area (Å²) < 4.78 is 0. The molecule has 2 rings (SSSR count). The maximum absolute atomic E-state index is 3.30. The monoisotopic (exact) mass is 276 g/mol. The van der Waals surface area contributed by atoms with Gasteiger partial charge in [-0.2, -0.15) is 0 Å². The molecule has 1 aliphatic rings. The van der Waals surface area contributed by atoms with Crippen LogP contribution in [0.4, 0.5) is 0 Å². The first-order valence-electron chi connectivity index (χ1n) is 7.45. The second kappa shape index (κ2) is 6.20. The fourth-order valence-corrected chi connectivity index (χ4v) is 4.05. The maximum Gasteiger partial charge on any atom is 0.0775 e. The van der Waals surface area contributed by atoms with Crippen LogP contribution in [0.2, 0.25) is 19.6 Å². The molecule has 0 amide bonds. The molecule has 0 radical (unpaired) electrons. The Hall–Kier alpha value is -0.643. The Kier molecular flexibility index (Phi) is 4.82. The average molecular weight is 277 g/mol. The van der Waals surface area contributed by atoms with E-state index in [0.29, 0.717) is 0 Å². The zero-order valence-electron chi connectivity index (χ0n) is 12.9. The second-order valence-corrected chi connectivity index (χ2v) is 12.0. The first-order valence-corrected chi connectivity index (χ1v) is 11.0. The Morgan fingerprint density at radius 2 is 1.89 bits per heavy atom. The highest BCUT2D eigenvalue weighted by atomic mass is 28.3. The molecule has 1 atom stereocenters. The van der Waals surface area contributed by atoms with Crippen molar-refractivity contribution in [3.63, 3.8) is 0 Å². The van der Waals surface area contributed by atoms with Gasteiger partial charge in [-0.1, -0.05) is 49.1 Å². The molecule has 1 unspecified atom stereocenters. The van der Waals surface area contributed by atoms with Gasteiger partial charge in [0.1, 0.15) is 0 Å². The lowest BCUT2D eigenvalue weighted by atomic mass is 10.1. The van der Waals surface area contributed by atoms with E-state index in [-0.39, 0.29) is 0 Å². The highest BCUT2D eigenvalue weighted by molar-refractivity contribution is 6.88. The molecular formula is C16H28N2Si. The van der Waals surface area contributed by atoms with Crippen LogP contribution in [0, 0.1) is 5.92 Å². The summed E-state index contributed by atoms with van der Waals surface area (Å²) in [6.45, 7) is 12.0. The van der Waals surface area contributed by atoms with E-state index in [2.05, 4.69) is 61.2 Å². The van der Waals surface area contributed by atoms with Crippen LogP contribution >= 0.6 is 0 Å². The van der Waals surface area contributed by atoms with Crippen LogP contribution in [-0.4, -0.2) is 39.7 Å². The fourth-order valence-electron chi connectivity index (χ4n) is 2.88. The number of hydrogen-bond acceptors (Lipinski definition) is 2. The van der Waals surface area contributed by atoms with E-state index >= 15 is 0 Å². The Balaban J connectivity index is 1.90. The third kappa shape index (κ3) is 4.16. The van der Waals surface area contributed by atoms with E-state index in [9.17, 15) is 0 Å². The van der Waals surface area contributed by atoms with Gasteiger partial charge in [0.25, 0.3) is 0 Å². The van der Waals surface area contributed by atoms with E-state index in [1.54, 1.807) is 5.19 Å². The van der Waals surface area contributed by atoms with Gasteiger partial charge in [0, 0.05) is 13.1 Å². The molecule has 2 nitrogen and oxygen atoms in total. The van der Waals surface area contributed by atoms with E-state index in [0.717, 1.165) is 19.0 Å². The lowest BCUT2D eigenvalue weighted by Crippen LogP contribution is -2.37. The van der Waals surface area contributed by atoms with Gasteiger partial charge < -0.3 is 5.32 Å². The number of nitrogens with zero attached hydrogens (tertiary/aromatic N) is 1. The molecule has 1 aromatic carbocycles. The van der Waals surface area contributed by atoms with Crippen molar-refractivity contribution in [2.45, 2.75) is 32.6 Å². The Labute approximate surface area is 119 Å². The van der Waals surface area contributed by atoms with Crippen LogP contribution in [-0.2, 0) is 6.54 Å². The molecular weight excluding hydrogens is 248 g/mol. The van der Waals surface area contributed by atoms with Crippen molar-refractivity contribution in [2.75, 3.05) is 26.7 Å². The summed E-state index contributed by atoms with van der Waals surface area (Å²) in [5.74, 6) is 0.839. The number of nitrogens with one attached hydrogen (secondary N) is 1. The molecule has 0 bridgehead atoms. The summed E-state index contributed by atoms with van der Waals surface area (Å²) in [6.07, 6.45) is 1.34. The van der Waals surface area contributed by atoms with Gasteiger partial charge in [0.05, 0.1) is 8.07 Å². The van der Waals surface area contributed by atoms with Gasteiger partial charge in [0.15, 0.2) is 0 Å². The third-order valence-corrected chi connectivity index (χ3v) is 6.15. The number of benzene rings is 1. The molecule has 0 aliphatic carbocycles. The first-order chi connectivity index (χ1) is 8.99. The zero-order valence-corrected chi connectivity index (χ0v) is 13.9. The van der Waals surface area contributed by atoms with Crippen molar-refractivity contribution >= 4 is 13.3 Å². The van der Waals surface area contributed by atoms with Crippen molar-refractivity contribution in [1.29, 1.82) is 0 Å².